The van der Waals surface area contributed by atoms with Gasteiger partial charge >= 0.3 is 6.18 Å². The minimum Gasteiger partial charge on any atom is -0.309 e. The molecule has 0 aliphatic rings. The lowest BCUT2D eigenvalue weighted by molar-refractivity contribution is -0.137. The van der Waals surface area contributed by atoms with Gasteiger partial charge in [-0.05, 0) is 280 Å². The predicted octanol–water partition coefficient (Wildman–Crippen LogP) is 23.5. The Labute approximate surface area is 508 Å². The van der Waals surface area contributed by atoms with Crippen LogP contribution in [0.3, 0.4) is 0 Å². The first kappa shape index (κ1) is 56.4. The molecule has 6 heteroatoms. The summed E-state index contributed by atoms with van der Waals surface area (Å²) >= 11 is 0. The van der Waals surface area contributed by atoms with Crippen LogP contribution in [-0.2, 0) is 6.18 Å². The average molecular weight is 1140 g/mol. The molecule has 13 aromatic rings. The average Bonchev–Trinajstić information content (AvgIpc) is 1.61. The molecule has 11 aromatic carbocycles. The second kappa shape index (κ2) is 21.1. The second-order valence-electron chi connectivity index (χ2n) is 24.8. The van der Waals surface area contributed by atoms with Crippen molar-refractivity contribution in [2.75, 3.05) is 0 Å². The summed E-state index contributed by atoms with van der Waals surface area (Å²) in [5.41, 5.74) is 32.2. The summed E-state index contributed by atoms with van der Waals surface area (Å²) in [5, 5.41) is 4.27. The van der Waals surface area contributed by atoms with Gasteiger partial charge in [-0.15, -0.1) is 0 Å². The number of hydrogen-bond donors (Lipinski definition) is 0. The molecular weight excluding hydrogens is 1070 g/mol. The molecule has 0 saturated carbocycles. The van der Waals surface area contributed by atoms with Gasteiger partial charge in [-0.2, -0.15) is 13.2 Å². The molecule has 2 heterocycles. The highest BCUT2D eigenvalue weighted by molar-refractivity contribution is 6.14. The van der Waals surface area contributed by atoms with E-state index < -0.39 is 11.7 Å². The van der Waals surface area contributed by atoms with E-state index in [9.17, 15) is 13.2 Å². The van der Waals surface area contributed by atoms with E-state index in [2.05, 4.69) is 237 Å². The van der Waals surface area contributed by atoms with E-state index in [-0.39, 0.29) is 0 Å². The first-order valence-electron chi connectivity index (χ1n) is 29.9. The van der Waals surface area contributed by atoms with E-state index in [0.29, 0.717) is 22.4 Å². The molecule has 3 nitrogen and oxygen atoms in total. The smallest absolute Gasteiger partial charge is 0.309 e. The fourth-order valence-corrected chi connectivity index (χ4v) is 15.0. The van der Waals surface area contributed by atoms with Gasteiger partial charge < -0.3 is 9.13 Å². The molecule has 13 rings (SSSR count). The number of halogens is 3. The van der Waals surface area contributed by atoms with E-state index in [1.165, 1.54) is 101 Å². The van der Waals surface area contributed by atoms with Gasteiger partial charge in [0.15, 0.2) is 5.69 Å². The molecule has 0 atom stereocenters. The fourth-order valence-electron chi connectivity index (χ4n) is 15.0. The highest BCUT2D eigenvalue weighted by Crippen LogP contribution is 2.47. The molecule has 0 aliphatic carbocycles. The van der Waals surface area contributed by atoms with E-state index in [4.69, 9.17) is 6.57 Å². The number of rotatable bonds is 8. The van der Waals surface area contributed by atoms with E-state index in [0.717, 1.165) is 88.4 Å². The van der Waals surface area contributed by atoms with Crippen LogP contribution in [0.25, 0.3) is 127 Å². The van der Waals surface area contributed by atoms with E-state index >= 15 is 0 Å². The Morgan fingerprint density at radius 2 is 0.632 bits per heavy atom. The van der Waals surface area contributed by atoms with Gasteiger partial charge in [-0.3, -0.25) is 0 Å². The van der Waals surface area contributed by atoms with Crippen LogP contribution in [0.15, 0.2) is 176 Å². The zero-order chi connectivity index (χ0) is 61.2. The molecule has 0 saturated heterocycles. The van der Waals surface area contributed by atoms with Gasteiger partial charge in [-0.1, -0.05) is 119 Å². The monoisotopic (exact) mass is 1140 g/mol. The number of hydrogen-bond acceptors (Lipinski definition) is 0. The third-order valence-electron chi connectivity index (χ3n) is 18.0. The zero-order valence-electron chi connectivity index (χ0n) is 51.7. The maximum Gasteiger partial charge on any atom is 0.416 e. The van der Waals surface area contributed by atoms with Gasteiger partial charge in [0.05, 0.1) is 45.6 Å². The quantitative estimate of drug-likeness (QED) is 0.135. The van der Waals surface area contributed by atoms with Crippen molar-refractivity contribution in [3.05, 3.63) is 265 Å². The summed E-state index contributed by atoms with van der Waals surface area (Å²) in [6, 6.07) is 61.5. The van der Waals surface area contributed by atoms with Crippen molar-refractivity contribution in [3.8, 4) is 78.1 Å². The number of aryl methyl sites for hydroxylation is 13. The Morgan fingerprint density at radius 1 is 0.299 bits per heavy atom. The van der Waals surface area contributed by atoms with Crippen molar-refractivity contribution in [2.24, 2.45) is 0 Å². The number of aromatic nitrogens is 2. The van der Waals surface area contributed by atoms with Crippen LogP contribution >= 0.6 is 0 Å². The van der Waals surface area contributed by atoms with Crippen LogP contribution in [-0.4, -0.2) is 9.13 Å². The lowest BCUT2D eigenvalue weighted by Gasteiger charge is -2.21. The summed E-state index contributed by atoms with van der Waals surface area (Å²) in [5.74, 6) is 0. The van der Waals surface area contributed by atoms with Crippen LogP contribution in [0.4, 0.5) is 18.9 Å². The van der Waals surface area contributed by atoms with E-state index in [1.54, 1.807) is 6.92 Å². The van der Waals surface area contributed by atoms with Gasteiger partial charge in [0.2, 0.25) is 0 Å². The number of nitrogens with zero attached hydrogens (tertiary/aromatic N) is 3. The third kappa shape index (κ3) is 9.71. The second-order valence-corrected chi connectivity index (χ2v) is 24.8. The number of fused-ring (bicyclic) bond motifs is 6. The van der Waals surface area contributed by atoms with Crippen molar-refractivity contribution in [1.82, 2.24) is 9.13 Å². The molecule has 0 radical (unpaired) electrons. The van der Waals surface area contributed by atoms with Crippen molar-refractivity contribution < 1.29 is 13.2 Å². The minimum absolute atomic E-state index is 0.457. The molecule has 0 aliphatic heterocycles. The van der Waals surface area contributed by atoms with Gasteiger partial charge in [0.25, 0.3) is 0 Å². The van der Waals surface area contributed by atoms with Crippen molar-refractivity contribution in [1.29, 1.82) is 0 Å². The Kier molecular flexibility index (Phi) is 13.7. The topological polar surface area (TPSA) is 14.2 Å². The van der Waals surface area contributed by atoms with Crippen LogP contribution < -0.4 is 0 Å². The number of benzene rings is 11. The SMILES string of the molecule is [C-]#[N+]c1ccc(-n2c3ccc(-c4c(C)cc(C)cc4C)cc3c3cc(-c4c(C)cc(C)cc4C)ccc32)c(-c2ccc(-c3cc(C)cc(C(F)(F)F)c3)cc2-n2c3ccc(-c4c(C)cc(C)cc4C)cc3c3cc(-c4c(C)cc(C)cc4C)ccc32)c1. The third-order valence-corrected chi connectivity index (χ3v) is 18.0. The van der Waals surface area contributed by atoms with Crippen LogP contribution in [0.2, 0.25) is 0 Å². The summed E-state index contributed by atoms with van der Waals surface area (Å²) in [7, 11) is 0. The Morgan fingerprint density at radius 3 is 0.977 bits per heavy atom. The first-order valence-corrected chi connectivity index (χ1v) is 29.9. The van der Waals surface area contributed by atoms with Gasteiger partial charge in [-0.25, -0.2) is 4.85 Å². The Balaban J connectivity index is 1.14. The molecule has 0 N–H and O–H groups in total. The Hall–Kier alpha value is -9.70. The Bertz CT molecular complexity index is 4800. The van der Waals surface area contributed by atoms with Crippen LogP contribution in [0, 0.1) is 96.6 Å². The van der Waals surface area contributed by atoms with Gasteiger partial charge in [0.1, 0.15) is 0 Å². The van der Waals surface area contributed by atoms with Crippen molar-refractivity contribution in [2.45, 2.75) is 96.2 Å². The van der Waals surface area contributed by atoms with Crippen LogP contribution in [0.1, 0.15) is 77.9 Å². The van der Waals surface area contributed by atoms with Crippen molar-refractivity contribution >= 4 is 49.3 Å². The normalized spacial score (nSPS) is 11.9. The standard InChI is InChI=1S/C81H68F3N3/c1-44-27-49(6)77(50(7)28-44)58-16-22-71-66(38-58)67-39-59(78-51(8)29-45(2)30-52(78)9)17-23-72(67)86(71)75-26-20-64(85-14)43-70(75)65-21-15-57(62-35-48(5)36-63(37-62)81(82,83)84)42-76(65)87-73-24-18-60(79-53(10)31-46(3)32-54(79)11)40-68(73)69-41-61(19-25-74(69)87)80-55(12)33-47(4)34-56(80)13/h15-43H,1-13H3. The molecule has 2 aromatic heterocycles. The minimum atomic E-state index is -4.55. The molecule has 428 valence electrons. The first-order chi connectivity index (χ1) is 41.5. The maximum atomic E-state index is 14.8. The van der Waals surface area contributed by atoms with Gasteiger partial charge in [0, 0.05) is 27.1 Å². The molecule has 87 heavy (non-hydrogen) atoms. The molecular formula is C81H68F3N3. The fraction of sp³-hybridized carbons (Fsp3) is 0.173. The molecule has 0 unspecified atom stereocenters. The maximum absolute atomic E-state index is 14.8. The zero-order valence-corrected chi connectivity index (χ0v) is 51.7. The lowest BCUT2D eigenvalue weighted by Crippen LogP contribution is -2.05. The summed E-state index contributed by atoms with van der Waals surface area (Å²) < 4.78 is 49.1. The molecule has 0 bridgehead atoms. The highest BCUT2D eigenvalue weighted by atomic mass is 19.4. The summed E-state index contributed by atoms with van der Waals surface area (Å²) in [4.78, 5) is 4.08. The van der Waals surface area contributed by atoms with Crippen molar-refractivity contribution in [3.63, 3.8) is 0 Å². The highest BCUT2D eigenvalue weighted by Gasteiger charge is 2.32. The molecule has 0 fully saturated rings. The summed E-state index contributed by atoms with van der Waals surface area (Å²) in [6.45, 7) is 36.3. The number of alkyl halides is 3. The largest absolute Gasteiger partial charge is 0.416 e. The van der Waals surface area contributed by atoms with E-state index in [1.807, 2.05) is 24.3 Å². The molecule has 0 amide bonds. The summed E-state index contributed by atoms with van der Waals surface area (Å²) in [6.07, 6.45) is -4.55. The van der Waals surface area contributed by atoms with Crippen LogP contribution in [0.5, 0.6) is 0 Å². The lowest BCUT2D eigenvalue weighted by atomic mass is 9.91. The molecule has 0 spiro atoms. The predicted molar refractivity (Wildman–Crippen MR) is 361 cm³/mol.